The molecule has 0 saturated carbocycles. The van der Waals surface area contributed by atoms with Crippen LogP contribution in [0.15, 0.2) is 59.6 Å². The van der Waals surface area contributed by atoms with Gasteiger partial charge < -0.3 is 5.32 Å². The molecule has 5 nitrogen and oxygen atoms in total. The van der Waals surface area contributed by atoms with Gasteiger partial charge in [0.1, 0.15) is 5.82 Å². The van der Waals surface area contributed by atoms with E-state index in [0.29, 0.717) is 5.52 Å². The van der Waals surface area contributed by atoms with Crippen LogP contribution >= 0.6 is 0 Å². The Labute approximate surface area is 158 Å². The SMILES string of the molecule is O=S(=O)(c1ccc(F)cc1)n1ccc2c(CN3CCCNCC3)cccc21. The molecule has 3 aromatic rings. The average molecular weight is 387 g/mol. The van der Waals surface area contributed by atoms with Gasteiger partial charge >= 0.3 is 0 Å². The Bertz CT molecular complexity index is 1040. The zero-order chi connectivity index (χ0) is 18.9. The molecular formula is C20H22FN3O2S. The predicted molar refractivity (Wildman–Crippen MR) is 104 cm³/mol. The van der Waals surface area contributed by atoms with Gasteiger partial charge in [0.15, 0.2) is 0 Å². The van der Waals surface area contributed by atoms with Gasteiger partial charge in [0.25, 0.3) is 10.0 Å². The molecule has 1 N–H and O–H groups in total. The average Bonchev–Trinajstić information content (AvgIpc) is 2.95. The van der Waals surface area contributed by atoms with Crippen molar-refractivity contribution in [2.24, 2.45) is 0 Å². The van der Waals surface area contributed by atoms with E-state index < -0.39 is 15.8 Å². The zero-order valence-electron chi connectivity index (χ0n) is 14.9. The molecular weight excluding hydrogens is 365 g/mol. The van der Waals surface area contributed by atoms with Gasteiger partial charge in [-0.3, -0.25) is 4.90 Å². The molecule has 1 fully saturated rings. The second-order valence-electron chi connectivity index (χ2n) is 6.80. The molecule has 1 aromatic heterocycles. The van der Waals surface area contributed by atoms with Crippen LogP contribution in [0.3, 0.4) is 0 Å². The second kappa shape index (κ2) is 7.42. The van der Waals surface area contributed by atoms with Crippen molar-refractivity contribution >= 4 is 20.9 Å². The molecule has 0 bridgehead atoms. The third-order valence-electron chi connectivity index (χ3n) is 4.98. The van der Waals surface area contributed by atoms with Crippen LogP contribution in [0.4, 0.5) is 4.39 Å². The molecule has 0 atom stereocenters. The molecule has 7 heteroatoms. The van der Waals surface area contributed by atoms with E-state index in [4.69, 9.17) is 0 Å². The number of hydrogen-bond donors (Lipinski definition) is 1. The Balaban J connectivity index is 1.70. The molecule has 2 aromatic carbocycles. The maximum absolute atomic E-state index is 13.2. The fourth-order valence-electron chi connectivity index (χ4n) is 3.57. The summed E-state index contributed by atoms with van der Waals surface area (Å²) < 4.78 is 40.4. The van der Waals surface area contributed by atoms with Gasteiger partial charge in [-0.2, -0.15) is 0 Å². The highest BCUT2D eigenvalue weighted by Gasteiger charge is 2.20. The lowest BCUT2D eigenvalue weighted by Gasteiger charge is -2.20. The molecule has 0 aliphatic carbocycles. The largest absolute Gasteiger partial charge is 0.315 e. The zero-order valence-corrected chi connectivity index (χ0v) is 15.8. The first-order valence-electron chi connectivity index (χ1n) is 9.09. The number of nitrogens with zero attached hydrogens (tertiary/aromatic N) is 2. The van der Waals surface area contributed by atoms with Crippen molar-refractivity contribution in [1.82, 2.24) is 14.2 Å². The van der Waals surface area contributed by atoms with E-state index in [-0.39, 0.29) is 4.90 Å². The lowest BCUT2D eigenvalue weighted by atomic mass is 10.1. The van der Waals surface area contributed by atoms with E-state index in [9.17, 15) is 12.8 Å². The second-order valence-corrected chi connectivity index (χ2v) is 8.62. The highest BCUT2D eigenvalue weighted by atomic mass is 32.2. The number of rotatable bonds is 4. The van der Waals surface area contributed by atoms with Crippen LogP contribution in [-0.2, 0) is 16.6 Å². The minimum atomic E-state index is -3.77. The lowest BCUT2D eigenvalue weighted by Crippen LogP contribution is -2.27. The number of halogens is 1. The summed E-state index contributed by atoms with van der Waals surface area (Å²) in [6.07, 6.45) is 2.69. The van der Waals surface area contributed by atoms with Crippen molar-refractivity contribution in [3.8, 4) is 0 Å². The molecule has 0 unspecified atom stereocenters. The van der Waals surface area contributed by atoms with Crippen LogP contribution in [0.1, 0.15) is 12.0 Å². The summed E-state index contributed by atoms with van der Waals surface area (Å²) in [5.74, 6) is -0.458. The highest BCUT2D eigenvalue weighted by Crippen LogP contribution is 2.26. The Morgan fingerprint density at radius 3 is 2.63 bits per heavy atom. The van der Waals surface area contributed by atoms with Crippen molar-refractivity contribution in [3.05, 3.63) is 66.1 Å². The van der Waals surface area contributed by atoms with Crippen LogP contribution in [0, 0.1) is 5.82 Å². The Hall–Kier alpha value is -2.22. The summed E-state index contributed by atoms with van der Waals surface area (Å²) in [6.45, 7) is 4.80. The summed E-state index contributed by atoms with van der Waals surface area (Å²) in [5, 5.41) is 4.33. The van der Waals surface area contributed by atoms with Crippen molar-refractivity contribution in [1.29, 1.82) is 0 Å². The third-order valence-corrected chi connectivity index (χ3v) is 6.69. The number of nitrogens with one attached hydrogen (secondary N) is 1. The minimum Gasteiger partial charge on any atom is -0.315 e. The molecule has 0 amide bonds. The van der Waals surface area contributed by atoms with E-state index in [1.165, 1.54) is 16.1 Å². The predicted octanol–water partition coefficient (Wildman–Crippen LogP) is 2.81. The van der Waals surface area contributed by atoms with Crippen LogP contribution in [0.5, 0.6) is 0 Å². The molecule has 1 aliphatic heterocycles. The maximum Gasteiger partial charge on any atom is 0.268 e. The molecule has 0 spiro atoms. The lowest BCUT2D eigenvalue weighted by molar-refractivity contribution is 0.285. The Kier molecular flexibility index (Phi) is 4.99. The quantitative estimate of drug-likeness (QED) is 0.748. The van der Waals surface area contributed by atoms with Crippen molar-refractivity contribution < 1.29 is 12.8 Å². The highest BCUT2D eigenvalue weighted by molar-refractivity contribution is 7.90. The number of fused-ring (bicyclic) bond motifs is 1. The van der Waals surface area contributed by atoms with Crippen LogP contribution in [0.25, 0.3) is 10.9 Å². The first-order valence-corrected chi connectivity index (χ1v) is 10.5. The molecule has 142 valence electrons. The van der Waals surface area contributed by atoms with Gasteiger partial charge in [0.05, 0.1) is 10.4 Å². The fraction of sp³-hybridized carbons (Fsp3) is 0.300. The van der Waals surface area contributed by atoms with Crippen molar-refractivity contribution in [2.75, 3.05) is 26.2 Å². The molecule has 0 radical (unpaired) electrons. The summed E-state index contributed by atoms with van der Waals surface area (Å²) in [4.78, 5) is 2.46. The third kappa shape index (κ3) is 3.63. The number of aromatic nitrogens is 1. The van der Waals surface area contributed by atoms with Gasteiger partial charge in [0, 0.05) is 31.2 Å². The van der Waals surface area contributed by atoms with E-state index >= 15 is 0 Å². The normalized spacial score (nSPS) is 16.5. The number of hydrogen-bond acceptors (Lipinski definition) is 4. The standard InChI is InChI=1S/C20H22FN3O2S/c21-17-5-7-18(8-6-17)27(25,26)24-13-9-19-16(3-1-4-20(19)24)15-23-12-2-10-22-11-14-23/h1,3-9,13,22H,2,10-12,14-15H2. The first kappa shape index (κ1) is 18.2. The maximum atomic E-state index is 13.2. The van der Waals surface area contributed by atoms with Crippen LogP contribution in [-0.4, -0.2) is 43.5 Å². The summed E-state index contributed by atoms with van der Waals surface area (Å²) >= 11 is 0. The molecule has 27 heavy (non-hydrogen) atoms. The van der Waals surface area contributed by atoms with Crippen molar-refractivity contribution in [2.45, 2.75) is 17.9 Å². The van der Waals surface area contributed by atoms with E-state index in [1.54, 1.807) is 6.20 Å². The van der Waals surface area contributed by atoms with Gasteiger partial charge in [-0.05, 0) is 61.5 Å². The molecule has 2 heterocycles. The topological polar surface area (TPSA) is 54.3 Å². The molecule has 1 aliphatic rings. The Morgan fingerprint density at radius 2 is 1.81 bits per heavy atom. The number of benzene rings is 2. The minimum absolute atomic E-state index is 0.0744. The fourth-order valence-corrected chi connectivity index (χ4v) is 4.92. The monoisotopic (exact) mass is 387 g/mol. The van der Waals surface area contributed by atoms with Gasteiger partial charge in [0.2, 0.25) is 0 Å². The van der Waals surface area contributed by atoms with Crippen LogP contribution < -0.4 is 5.32 Å². The molecule has 4 rings (SSSR count). The van der Waals surface area contributed by atoms with Gasteiger partial charge in [-0.25, -0.2) is 16.8 Å². The summed E-state index contributed by atoms with van der Waals surface area (Å²) in [7, 11) is -3.77. The van der Waals surface area contributed by atoms with E-state index in [1.807, 2.05) is 18.2 Å². The summed E-state index contributed by atoms with van der Waals surface area (Å²) in [6, 6.07) is 12.5. The van der Waals surface area contributed by atoms with Gasteiger partial charge in [-0.1, -0.05) is 12.1 Å². The van der Waals surface area contributed by atoms with Crippen LogP contribution in [0.2, 0.25) is 0 Å². The van der Waals surface area contributed by atoms with Crippen molar-refractivity contribution in [3.63, 3.8) is 0 Å². The molecule has 1 saturated heterocycles. The summed E-state index contributed by atoms with van der Waals surface area (Å²) in [5.41, 5.74) is 1.76. The smallest absolute Gasteiger partial charge is 0.268 e. The van der Waals surface area contributed by atoms with Gasteiger partial charge in [-0.15, -0.1) is 0 Å². The Morgan fingerprint density at radius 1 is 1.00 bits per heavy atom. The van der Waals surface area contributed by atoms with E-state index in [0.717, 1.165) is 62.2 Å². The first-order chi connectivity index (χ1) is 13.1. The van der Waals surface area contributed by atoms with E-state index in [2.05, 4.69) is 16.3 Å².